The second kappa shape index (κ2) is 12.5. The zero-order valence-corrected chi connectivity index (χ0v) is 30.3. The number of methoxy groups -OCH3 is 1. The van der Waals surface area contributed by atoms with E-state index in [4.69, 9.17) is 16.3 Å². The van der Waals surface area contributed by atoms with Gasteiger partial charge in [-0.2, -0.15) is 4.57 Å². The highest BCUT2D eigenvalue weighted by molar-refractivity contribution is 6.30. The number of aliphatic hydroxyl groups is 3. The third kappa shape index (κ3) is 5.43. The van der Waals surface area contributed by atoms with Crippen molar-refractivity contribution in [1.82, 2.24) is 4.98 Å². The molecule has 11 atom stereocenters. The number of ether oxygens (including phenoxy) is 1. The molecule has 4 N–H and O–H groups in total. The van der Waals surface area contributed by atoms with Crippen LogP contribution >= 0.6 is 11.6 Å². The summed E-state index contributed by atoms with van der Waals surface area (Å²) in [4.78, 5) is 3.77. The Kier molecular flexibility index (Phi) is 8.58. The summed E-state index contributed by atoms with van der Waals surface area (Å²) in [6.45, 7) is 7.95. The van der Waals surface area contributed by atoms with Crippen molar-refractivity contribution >= 4 is 33.4 Å². The van der Waals surface area contributed by atoms with Gasteiger partial charge in [0.2, 0.25) is 5.69 Å². The van der Waals surface area contributed by atoms with E-state index in [-0.39, 0.29) is 35.1 Å². The Morgan fingerprint density at radius 3 is 2.53 bits per heavy atom. The monoisotopic (exact) mass is 685 g/mol. The zero-order chi connectivity index (χ0) is 34.2. The second-order valence-electron chi connectivity index (χ2n) is 16.9. The van der Waals surface area contributed by atoms with Crippen molar-refractivity contribution in [3.8, 4) is 5.75 Å². The highest BCUT2D eigenvalue weighted by Crippen LogP contribution is 2.68. The van der Waals surface area contributed by atoms with Gasteiger partial charge in [0.15, 0.2) is 12.7 Å². The molecule has 2 aromatic carbocycles. The van der Waals surface area contributed by atoms with Gasteiger partial charge in [0.25, 0.3) is 0 Å². The van der Waals surface area contributed by atoms with E-state index in [1.54, 1.807) is 7.11 Å². The van der Waals surface area contributed by atoms with E-state index in [0.29, 0.717) is 29.6 Å². The van der Waals surface area contributed by atoms with Crippen molar-refractivity contribution in [1.29, 1.82) is 0 Å². The van der Waals surface area contributed by atoms with Crippen molar-refractivity contribution in [2.24, 2.45) is 46.3 Å². The van der Waals surface area contributed by atoms with Crippen LogP contribution in [-0.4, -0.2) is 45.7 Å². The van der Waals surface area contributed by atoms with Crippen molar-refractivity contribution in [2.45, 2.75) is 103 Å². The molecule has 262 valence electrons. The smallest absolute Gasteiger partial charge is 0.205 e. The normalized spacial score (nSPS) is 36.3. The number of nitrogens with one attached hydrogen (secondary N) is 1. The fourth-order valence-electron chi connectivity index (χ4n) is 12.0. The van der Waals surface area contributed by atoms with Crippen LogP contribution in [0.4, 0.5) is 0 Å². The lowest BCUT2D eigenvalue weighted by Gasteiger charge is -2.63. The summed E-state index contributed by atoms with van der Waals surface area (Å²) in [6.07, 6.45) is 9.61. The number of aromatic amines is 1. The first-order chi connectivity index (χ1) is 23.5. The number of fused-ring (bicyclic) bond motifs is 8. The van der Waals surface area contributed by atoms with Crippen LogP contribution < -0.4 is 9.30 Å². The van der Waals surface area contributed by atoms with Gasteiger partial charge < -0.3 is 25.0 Å². The molecule has 0 bridgehead atoms. The molecule has 8 rings (SSSR count). The maximum atomic E-state index is 12.2. The van der Waals surface area contributed by atoms with E-state index < -0.39 is 0 Å². The average Bonchev–Trinajstić information content (AvgIpc) is 3.64. The van der Waals surface area contributed by atoms with Gasteiger partial charge in [-0.3, -0.25) is 0 Å². The number of nitrogens with zero attached hydrogens (tertiary/aromatic N) is 1. The zero-order valence-electron chi connectivity index (χ0n) is 29.5. The van der Waals surface area contributed by atoms with Crippen molar-refractivity contribution < 1.29 is 24.6 Å². The number of hydrogen-bond acceptors (Lipinski definition) is 4. The molecular weight excluding hydrogens is 632 g/mol. The molecule has 2 aromatic heterocycles. The standard InChI is InChI=1S/C42H53ClN2O4/c1-24(32-11-12-33-39-34(22-38(48)42(32,33)3)41(2)17-15-28(46)19-26(41)20-37(39)47)5-14-36-40-30(31-21-29(49-4)10-13-35(31)44-40)16-18-45(36)23-25-6-8-27(43)9-7-25/h6-10,13,16,18,21,24,26,28,32-34,37-39,46-48H,5,11-12,14-15,17,19-20,22-23H2,1-4H3/p+1/t24-,26-,28+,32+,33-,34-,37+,38-,39-,41-,42+/m0/s1. The SMILES string of the molecule is COc1ccc2[nH]c3c(CC[C@H](C)[C@H]4CC[C@H]5[C@@H]6[C@H](O)C[C@@H]7C[C@H](O)CC[C@]7(C)[C@H]6C[C@H](O)[C@]45C)[n+](Cc4ccc(Cl)cc4)ccc3c2c1. The van der Waals surface area contributed by atoms with Crippen LogP contribution in [0.5, 0.6) is 5.75 Å². The summed E-state index contributed by atoms with van der Waals surface area (Å²) in [5.74, 6) is 2.90. The summed E-state index contributed by atoms with van der Waals surface area (Å²) >= 11 is 6.24. The van der Waals surface area contributed by atoms with E-state index in [1.807, 2.05) is 18.2 Å². The number of aromatic nitrogens is 2. The van der Waals surface area contributed by atoms with Crippen molar-refractivity contribution in [2.75, 3.05) is 7.11 Å². The van der Waals surface area contributed by atoms with Gasteiger partial charge in [0.05, 0.1) is 25.4 Å². The first-order valence-electron chi connectivity index (χ1n) is 18.8. The van der Waals surface area contributed by atoms with Crippen LogP contribution in [0.3, 0.4) is 0 Å². The van der Waals surface area contributed by atoms with E-state index in [0.717, 1.165) is 80.6 Å². The number of pyridine rings is 1. The Hall–Kier alpha value is -2.64. The highest BCUT2D eigenvalue weighted by Gasteiger charge is 2.65. The molecule has 0 amide bonds. The third-order valence-electron chi connectivity index (χ3n) is 14.7. The minimum atomic E-state index is -0.370. The molecule has 0 radical (unpaired) electrons. The van der Waals surface area contributed by atoms with E-state index in [2.05, 4.69) is 66.9 Å². The Balaban J connectivity index is 1.08. The van der Waals surface area contributed by atoms with Gasteiger partial charge >= 0.3 is 0 Å². The van der Waals surface area contributed by atoms with Gasteiger partial charge in [-0.15, -0.1) is 0 Å². The average molecular weight is 686 g/mol. The minimum Gasteiger partial charge on any atom is -0.497 e. The summed E-state index contributed by atoms with van der Waals surface area (Å²) in [5.41, 5.74) is 4.67. The molecule has 4 aromatic rings. The molecule has 0 spiro atoms. The van der Waals surface area contributed by atoms with Crippen LogP contribution in [0.2, 0.25) is 5.02 Å². The molecular formula is C42H54ClN2O4+. The Morgan fingerprint density at radius 2 is 1.76 bits per heavy atom. The molecule has 49 heavy (non-hydrogen) atoms. The number of aliphatic hydroxyl groups excluding tert-OH is 3. The van der Waals surface area contributed by atoms with Crippen molar-refractivity contribution in [3.63, 3.8) is 0 Å². The molecule has 0 saturated heterocycles. The predicted molar refractivity (Wildman–Crippen MR) is 195 cm³/mol. The number of halogens is 1. The molecule has 0 unspecified atom stereocenters. The first kappa shape index (κ1) is 33.5. The predicted octanol–water partition coefficient (Wildman–Crippen LogP) is 7.85. The largest absolute Gasteiger partial charge is 0.497 e. The summed E-state index contributed by atoms with van der Waals surface area (Å²) in [7, 11) is 1.72. The molecule has 4 fully saturated rings. The fraction of sp³-hybridized carbons (Fsp3) is 0.595. The Bertz CT molecular complexity index is 1840. The molecule has 7 heteroatoms. The van der Waals surface area contributed by atoms with Gasteiger partial charge in [-0.05, 0) is 128 Å². The van der Waals surface area contributed by atoms with Crippen LogP contribution in [0.15, 0.2) is 54.7 Å². The van der Waals surface area contributed by atoms with Gasteiger partial charge in [-0.25, -0.2) is 0 Å². The fourth-order valence-corrected chi connectivity index (χ4v) is 12.1. The summed E-state index contributed by atoms with van der Waals surface area (Å²) in [6, 6.07) is 16.6. The number of hydrogen-bond donors (Lipinski definition) is 4. The molecule has 2 heterocycles. The first-order valence-corrected chi connectivity index (χ1v) is 19.2. The van der Waals surface area contributed by atoms with Crippen LogP contribution in [-0.2, 0) is 13.0 Å². The number of rotatable bonds is 7. The van der Waals surface area contributed by atoms with Crippen LogP contribution in [0, 0.1) is 46.3 Å². The quantitative estimate of drug-likeness (QED) is 0.149. The van der Waals surface area contributed by atoms with Gasteiger partial charge in [0.1, 0.15) is 11.3 Å². The molecule has 6 nitrogen and oxygen atoms in total. The lowest BCUT2D eigenvalue weighted by atomic mass is 9.43. The number of benzene rings is 2. The van der Waals surface area contributed by atoms with E-state index in [9.17, 15) is 15.3 Å². The van der Waals surface area contributed by atoms with Gasteiger partial charge in [0, 0.05) is 39.4 Å². The highest BCUT2D eigenvalue weighted by atomic mass is 35.5. The molecule has 0 aliphatic heterocycles. The number of aryl methyl sites for hydroxylation is 1. The van der Waals surface area contributed by atoms with Crippen LogP contribution in [0.1, 0.15) is 83.4 Å². The molecule has 4 saturated carbocycles. The number of H-pyrrole nitrogens is 1. The summed E-state index contributed by atoms with van der Waals surface area (Å²) < 4.78 is 7.97. The summed E-state index contributed by atoms with van der Waals surface area (Å²) in [5, 5.41) is 37.5. The molecule has 4 aliphatic carbocycles. The Morgan fingerprint density at radius 1 is 0.959 bits per heavy atom. The maximum absolute atomic E-state index is 12.2. The molecule has 4 aliphatic rings. The van der Waals surface area contributed by atoms with Crippen LogP contribution in [0.25, 0.3) is 21.8 Å². The maximum Gasteiger partial charge on any atom is 0.205 e. The topological polar surface area (TPSA) is 89.6 Å². The van der Waals surface area contributed by atoms with Gasteiger partial charge in [-0.1, -0.05) is 44.5 Å². The van der Waals surface area contributed by atoms with Crippen molar-refractivity contribution in [3.05, 3.63) is 71.0 Å². The second-order valence-corrected chi connectivity index (χ2v) is 17.3. The lowest BCUT2D eigenvalue weighted by molar-refractivity contribution is -0.694. The van der Waals surface area contributed by atoms with E-state index in [1.165, 1.54) is 27.5 Å². The van der Waals surface area contributed by atoms with E-state index >= 15 is 0 Å². The lowest BCUT2D eigenvalue weighted by Crippen LogP contribution is -2.62. The third-order valence-corrected chi connectivity index (χ3v) is 15.0. The minimum absolute atomic E-state index is 0.0924. The Labute approximate surface area is 295 Å².